The minimum absolute atomic E-state index is 0.0403. The fraction of sp³-hybridized carbons (Fsp3) is 0.0909. The number of halogens is 1. The van der Waals surface area contributed by atoms with Crippen molar-refractivity contribution in [3.8, 4) is 0 Å². The van der Waals surface area contributed by atoms with Gasteiger partial charge in [0, 0.05) is 6.07 Å². The number of hydrogen-bond donors (Lipinski definition) is 3. The van der Waals surface area contributed by atoms with Gasteiger partial charge >= 0.3 is 12.0 Å². The van der Waals surface area contributed by atoms with Gasteiger partial charge in [0.15, 0.2) is 0 Å². The Morgan fingerprint density at radius 3 is 2.75 bits per heavy atom. The molecule has 1 atom stereocenters. The standard InChI is InChI=1S/C11H8ClN3O5/c12-6-2-1-5(3-9(6)15(19)20)7-4-8(10(16)17)14-11(18)13-7/h1-4,7H,(H,16,17)(H2,13,14,18)/t7-/m1/s1. The van der Waals surface area contributed by atoms with Crippen LogP contribution in [-0.4, -0.2) is 22.0 Å². The second-order valence-corrected chi connectivity index (χ2v) is 4.34. The second-order valence-electron chi connectivity index (χ2n) is 3.93. The molecule has 0 unspecified atom stereocenters. The van der Waals surface area contributed by atoms with Crippen LogP contribution in [-0.2, 0) is 4.79 Å². The van der Waals surface area contributed by atoms with Crippen LogP contribution in [0.3, 0.4) is 0 Å². The van der Waals surface area contributed by atoms with Crippen LogP contribution < -0.4 is 10.6 Å². The Morgan fingerprint density at radius 1 is 1.45 bits per heavy atom. The summed E-state index contributed by atoms with van der Waals surface area (Å²) in [6.07, 6.45) is 1.25. The lowest BCUT2D eigenvalue weighted by atomic mass is 10.0. The molecule has 1 aromatic carbocycles. The first-order chi connectivity index (χ1) is 9.38. The van der Waals surface area contributed by atoms with Gasteiger partial charge in [-0.05, 0) is 17.7 Å². The maximum atomic E-state index is 11.4. The number of benzene rings is 1. The highest BCUT2D eigenvalue weighted by atomic mass is 35.5. The van der Waals surface area contributed by atoms with Crippen LogP contribution in [0.25, 0.3) is 0 Å². The molecule has 1 aliphatic rings. The summed E-state index contributed by atoms with van der Waals surface area (Å²) in [5, 5.41) is 24.2. The van der Waals surface area contributed by atoms with Crippen molar-refractivity contribution in [2.45, 2.75) is 6.04 Å². The number of carbonyl (C=O) groups is 2. The van der Waals surface area contributed by atoms with Crippen molar-refractivity contribution < 1.29 is 19.6 Å². The fourth-order valence-electron chi connectivity index (χ4n) is 1.72. The van der Waals surface area contributed by atoms with E-state index in [1.165, 1.54) is 24.3 Å². The van der Waals surface area contributed by atoms with Crippen molar-refractivity contribution in [3.63, 3.8) is 0 Å². The van der Waals surface area contributed by atoms with E-state index in [0.29, 0.717) is 5.56 Å². The predicted molar refractivity (Wildman–Crippen MR) is 68.2 cm³/mol. The molecule has 104 valence electrons. The molecule has 2 amide bonds. The van der Waals surface area contributed by atoms with E-state index in [1.807, 2.05) is 0 Å². The van der Waals surface area contributed by atoms with Crippen LogP contribution in [0.5, 0.6) is 0 Å². The zero-order valence-electron chi connectivity index (χ0n) is 9.79. The quantitative estimate of drug-likeness (QED) is 0.577. The van der Waals surface area contributed by atoms with Crippen LogP contribution in [0.15, 0.2) is 30.0 Å². The molecule has 20 heavy (non-hydrogen) atoms. The predicted octanol–water partition coefficient (Wildman–Crippen LogP) is 1.57. The van der Waals surface area contributed by atoms with Gasteiger partial charge in [-0.3, -0.25) is 10.1 Å². The highest BCUT2D eigenvalue weighted by molar-refractivity contribution is 6.32. The monoisotopic (exact) mass is 297 g/mol. The number of nitro benzene ring substituents is 1. The summed E-state index contributed by atoms with van der Waals surface area (Å²) in [6.45, 7) is 0. The lowest BCUT2D eigenvalue weighted by molar-refractivity contribution is -0.384. The van der Waals surface area contributed by atoms with Crippen molar-refractivity contribution in [3.05, 3.63) is 50.7 Å². The van der Waals surface area contributed by atoms with Crippen molar-refractivity contribution in [1.82, 2.24) is 10.6 Å². The van der Waals surface area contributed by atoms with Crippen molar-refractivity contribution in [2.24, 2.45) is 0 Å². The molecule has 0 aromatic heterocycles. The van der Waals surface area contributed by atoms with Gasteiger partial charge < -0.3 is 15.7 Å². The van der Waals surface area contributed by atoms with Crippen molar-refractivity contribution in [1.29, 1.82) is 0 Å². The highest BCUT2D eigenvalue weighted by Crippen LogP contribution is 2.29. The summed E-state index contributed by atoms with van der Waals surface area (Å²) in [5.74, 6) is -1.30. The Kier molecular flexibility index (Phi) is 3.57. The third-order valence-corrected chi connectivity index (χ3v) is 2.94. The number of nitro groups is 1. The summed E-state index contributed by atoms with van der Waals surface area (Å²) in [4.78, 5) is 32.4. The number of rotatable bonds is 3. The van der Waals surface area contributed by atoms with Crippen LogP contribution in [0.4, 0.5) is 10.5 Å². The minimum Gasteiger partial charge on any atom is -0.477 e. The zero-order chi connectivity index (χ0) is 14.9. The molecule has 9 heteroatoms. The molecule has 1 heterocycles. The van der Waals surface area contributed by atoms with E-state index in [1.54, 1.807) is 0 Å². The molecule has 8 nitrogen and oxygen atoms in total. The first-order valence-electron chi connectivity index (χ1n) is 5.35. The fourth-order valence-corrected chi connectivity index (χ4v) is 1.90. The Labute approximate surface area is 117 Å². The SMILES string of the molecule is O=C1NC(C(=O)O)=C[C@H](c2ccc(Cl)c([N+](=O)[O-])c2)N1. The first-order valence-corrected chi connectivity index (χ1v) is 5.72. The second kappa shape index (κ2) is 5.17. The minimum atomic E-state index is -1.30. The van der Waals surface area contributed by atoms with Gasteiger partial charge in [0.1, 0.15) is 10.7 Å². The summed E-state index contributed by atoms with van der Waals surface area (Å²) in [7, 11) is 0. The number of aliphatic carboxylic acids is 1. The molecular formula is C11H8ClN3O5. The zero-order valence-corrected chi connectivity index (χ0v) is 10.5. The first kappa shape index (κ1) is 13.8. The average Bonchev–Trinajstić information content (AvgIpc) is 2.38. The number of amides is 2. The van der Waals surface area contributed by atoms with E-state index in [0.717, 1.165) is 0 Å². The third kappa shape index (κ3) is 2.69. The number of carboxylic acids is 1. The Hall–Kier alpha value is -2.61. The van der Waals surface area contributed by atoms with Crippen LogP contribution >= 0.6 is 11.6 Å². The number of nitrogens with zero attached hydrogens (tertiary/aromatic N) is 1. The smallest absolute Gasteiger partial charge is 0.352 e. The topological polar surface area (TPSA) is 122 Å². The van der Waals surface area contributed by atoms with Gasteiger partial charge in [-0.2, -0.15) is 0 Å². The van der Waals surface area contributed by atoms with Gasteiger partial charge in [0.25, 0.3) is 5.69 Å². The third-order valence-electron chi connectivity index (χ3n) is 2.62. The van der Waals surface area contributed by atoms with Crippen LogP contribution in [0.1, 0.15) is 11.6 Å². The van der Waals surface area contributed by atoms with Crippen LogP contribution in [0, 0.1) is 10.1 Å². The molecule has 0 radical (unpaired) electrons. The summed E-state index contributed by atoms with van der Waals surface area (Å²) in [6, 6.07) is 2.49. The molecule has 1 aliphatic heterocycles. The van der Waals surface area contributed by atoms with E-state index < -0.39 is 23.0 Å². The molecule has 0 fully saturated rings. The van der Waals surface area contributed by atoms with Crippen LogP contribution in [0.2, 0.25) is 5.02 Å². The van der Waals surface area contributed by atoms with Gasteiger partial charge in [-0.1, -0.05) is 17.7 Å². The molecule has 0 spiro atoms. The number of carboxylic acid groups (broad SMARTS) is 1. The Bertz CT molecular complexity index is 643. The average molecular weight is 298 g/mol. The van der Waals surface area contributed by atoms with Gasteiger partial charge in [0.2, 0.25) is 0 Å². The van der Waals surface area contributed by atoms with Crippen molar-refractivity contribution in [2.75, 3.05) is 0 Å². The molecule has 0 bridgehead atoms. The molecule has 3 N–H and O–H groups in total. The molecular weight excluding hydrogens is 290 g/mol. The number of hydrogen-bond acceptors (Lipinski definition) is 4. The van der Waals surface area contributed by atoms with Crippen molar-refractivity contribution >= 4 is 29.3 Å². The summed E-state index contributed by atoms with van der Waals surface area (Å²) < 4.78 is 0. The van der Waals surface area contributed by atoms with Gasteiger partial charge in [-0.25, -0.2) is 9.59 Å². The summed E-state index contributed by atoms with van der Waals surface area (Å²) >= 11 is 5.69. The largest absolute Gasteiger partial charge is 0.477 e. The maximum absolute atomic E-state index is 11.4. The van der Waals surface area contributed by atoms with E-state index in [-0.39, 0.29) is 16.4 Å². The van der Waals surface area contributed by atoms with Gasteiger partial charge in [-0.15, -0.1) is 0 Å². The van der Waals surface area contributed by atoms with E-state index in [4.69, 9.17) is 16.7 Å². The van der Waals surface area contributed by atoms with E-state index in [9.17, 15) is 19.7 Å². The number of urea groups is 1. The normalized spacial score (nSPS) is 17.8. The molecule has 1 aromatic rings. The van der Waals surface area contributed by atoms with E-state index >= 15 is 0 Å². The highest BCUT2D eigenvalue weighted by Gasteiger charge is 2.25. The lowest BCUT2D eigenvalue weighted by Crippen LogP contribution is -2.43. The molecule has 0 aliphatic carbocycles. The molecule has 2 rings (SSSR count). The van der Waals surface area contributed by atoms with Gasteiger partial charge in [0.05, 0.1) is 11.0 Å². The number of carbonyl (C=O) groups excluding carboxylic acids is 1. The maximum Gasteiger partial charge on any atom is 0.352 e. The molecule has 0 saturated heterocycles. The molecule has 0 saturated carbocycles. The Morgan fingerprint density at radius 2 is 2.15 bits per heavy atom. The Balaban J connectivity index is 2.43. The van der Waals surface area contributed by atoms with E-state index in [2.05, 4.69) is 10.6 Å². The number of nitrogens with one attached hydrogen (secondary N) is 2. The lowest BCUT2D eigenvalue weighted by Gasteiger charge is -2.22. The summed E-state index contributed by atoms with van der Waals surface area (Å²) in [5.41, 5.74) is -0.256.